The number of carbonyl (C=O) groups is 4. The summed E-state index contributed by atoms with van der Waals surface area (Å²) in [7, 11) is 1.56. The fraction of sp³-hybridized carbons (Fsp3) is 0.529. The molecule has 44 heavy (non-hydrogen) atoms. The highest BCUT2D eigenvalue weighted by atomic mass is 16.6. The molecule has 0 aliphatic rings. The van der Waals surface area contributed by atoms with Gasteiger partial charge in [0.05, 0.1) is 7.11 Å². The highest BCUT2D eigenvalue weighted by Gasteiger charge is 2.39. The van der Waals surface area contributed by atoms with Gasteiger partial charge in [0.25, 0.3) is 5.91 Å². The number of hydrogen-bond donors (Lipinski definition) is 3. The maximum atomic E-state index is 14.6. The summed E-state index contributed by atoms with van der Waals surface area (Å²) in [4.78, 5) is 55.1. The van der Waals surface area contributed by atoms with E-state index in [9.17, 15) is 19.2 Å². The number of alkyl carbamates (subject to hydrolysis) is 1. The first-order valence-electron chi connectivity index (χ1n) is 15.1. The lowest BCUT2D eigenvalue weighted by atomic mass is 9.93. The number of methoxy groups -OCH3 is 1. The average molecular weight is 611 g/mol. The summed E-state index contributed by atoms with van der Waals surface area (Å²) >= 11 is 0. The van der Waals surface area contributed by atoms with Gasteiger partial charge in [0.1, 0.15) is 23.4 Å². The van der Waals surface area contributed by atoms with Crippen LogP contribution in [0.25, 0.3) is 0 Å². The van der Waals surface area contributed by atoms with Crippen LogP contribution in [-0.4, -0.2) is 53.5 Å². The van der Waals surface area contributed by atoms with Crippen molar-refractivity contribution in [1.29, 1.82) is 0 Å². The maximum absolute atomic E-state index is 14.6. The van der Waals surface area contributed by atoms with Crippen LogP contribution in [0.1, 0.15) is 90.0 Å². The van der Waals surface area contributed by atoms with Crippen molar-refractivity contribution in [2.45, 2.75) is 105 Å². The predicted octanol–water partition coefficient (Wildman–Crippen LogP) is 5.80. The van der Waals surface area contributed by atoms with Crippen LogP contribution in [0.4, 0.5) is 10.5 Å². The van der Waals surface area contributed by atoms with E-state index in [2.05, 4.69) is 24.5 Å². The second-order valence-electron chi connectivity index (χ2n) is 12.7. The molecule has 3 unspecified atom stereocenters. The largest absolute Gasteiger partial charge is 0.497 e. The summed E-state index contributed by atoms with van der Waals surface area (Å²) < 4.78 is 10.7. The first-order valence-corrected chi connectivity index (χ1v) is 15.1. The fourth-order valence-corrected chi connectivity index (χ4v) is 4.92. The van der Waals surface area contributed by atoms with Gasteiger partial charge >= 0.3 is 6.09 Å². The number of nitrogens with zero attached hydrogens (tertiary/aromatic N) is 1. The number of amides is 4. The number of ether oxygens (including phenoxy) is 2. The van der Waals surface area contributed by atoms with Gasteiger partial charge in [-0.25, -0.2) is 4.79 Å². The van der Waals surface area contributed by atoms with Crippen molar-refractivity contribution < 1.29 is 28.7 Å². The van der Waals surface area contributed by atoms with Crippen molar-refractivity contribution in [3.8, 4) is 5.75 Å². The molecule has 0 aliphatic carbocycles. The Labute approximate surface area is 262 Å². The van der Waals surface area contributed by atoms with Gasteiger partial charge in [-0.15, -0.1) is 0 Å². The van der Waals surface area contributed by atoms with Crippen molar-refractivity contribution in [1.82, 2.24) is 10.2 Å². The fourth-order valence-electron chi connectivity index (χ4n) is 4.92. The minimum Gasteiger partial charge on any atom is -0.497 e. The SMILES string of the molecule is COc1ccc(NC(=O)C(c2ccc(C)cc2C)N(C(=O)C(CCC(N)=O)NC(=O)OC(C)(C)C)C(C)CCC(C)C)cc1. The minimum absolute atomic E-state index is 0.0551. The number of rotatable bonds is 14. The summed E-state index contributed by atoms with van der Waals surface area (Å²) in [6.45, 7) is 15.1. The minimum atomic E-state index is -1.17. The average Bonchev–Trinajstić information content (AvgIpc) is 2.92. The van der Waals surface area contributed by atoms with Gasteiger partial charge in [0.2, 0.25) is 11.8 Å². The molecule has 0 radical (unpaired) electrons. The molecule has 0 bridgehead atoms. The summed E-state index contributed by atoms with van der Waals surface area (Å²) in [5.74, 6) is -0.552. The molecule has 10 heteroatoms. The van der Waals surface area contributed by atoms with Gasteiger partial charge in [-0.05, 0) is 102 Å². The van der Waals surface area contributed by atoms with E-state index in [0.29, 0.717) is 29.3 Å². The molecular formula is C34H50N4O6. The third kappa shape index (κ3) is 11.2. The molecule has 0 saturated heterocycles. The molecule has 2 rings (SSSR count). The molecule has 242 valence electrons. The molecule has 0 heterocycles. The molecule has 0 fully saturated rings. The lowest BCUT2D eigenvalue weighted by molar-refractivity contribution is -0.143. The second kappa shape index (κ2) is 16.1. The Balaban J connectivity index is 2.68. The number of hydrogen-bond acceptors (Lipinski definition) is 6. The van der Waals surface area contributed by atoms with E-state index in [4.69, 9.17) is 15.2 Å². The summed E-state index contributed by atoms with van der Waals surface area (Å²) in [5.41, 5.74) is 7.66. The molecule has 0 aliphatic heterocycles. The van der Waals surface area contributed by atoms with E-state index in [1.807, 2.05) is 39.0 Å². The Morgan fingerprint density at radius 2 is 1.57 bits per heavy atom. The van der Waals surface area contributed by atoms with Crippen molar-refractivity contribution in [3.05, 3.63) is 59.2 Å². The van der Waals surface area contributed by atoms with Crippen LogP contribution in [0.5, 0.6) is 5.75 Å². The van der Waals surface area contributed by atoms with Gasteiger partial charge in [0, 0.05) is 18.2 Å². The number of nitrogens with one attached hydrogen (secondary N) is 2. The topological polar surface area (TPSA) is 140 Å². The number of aryl methyl sites for hydroxylation is 2. The summed E-state index contributed by atoms with van der Waals surface area (Å²) in [6, 6.07) is 10.0. The van der Waals surface area contributed by atoms with Gasteiger partial charge in [0.15, 0.2) is 0 Å². The number of nitrogens with two attached hydrogens (primary N) is 1. The Bertz CT molecular complexity index is 1290. The molecule has 2 aromatic carbocycles. The predicted molar refractivity (Wildman–Crippen MR) is 172 cm³/mol. The summed E-state index contributed by atoms with van der Waals surface area (Å²) in [5, 5.41) is 5.63. The van der Waals surface area contributed by atoms with Gasteiger partial charge in [-0.2, -0.15) is 0 Å². The lowest BCUT2D eigenvalue weighted by Gasteiger charge is -2.39. The first-order chi connectivity index (χ1) is 20.5. The highest BCUT2D eigenvalue weighted by molar-refractivity contribution is 5.99. The summed E-state index contributed by atoms with van der Waals surface area (Å²) in [6.07, 6.45) is 0.402. The number of carbonyl (C=O) groups excluding carboxylic acids is 4. The van der Waals surface area contributed by atoms with Gasteiger partial charge in [-0.3, -0.25) is 14.4 Å². The van der Waals surface area contributed by atoms with E-state index in [0.717, 1.165) is 17.5 Å². The van der Waals surface area contributed by atoms with Crippen LogP contribution in [0.15, 0.2) is 42.5 Å². The number of benzene rings is 2. The van der Waals surface area contributed by atoms with E-state index < -0.39 is 47.5 Å². The van der Waals surface area contributed by atoms with Crippen molar-refractivity contribution in [2.75, 3.05) is 12.4 Å². The van der Waals surface area contributed by atoms with Crippen LogP contribution in [-0.2, 0) is 19.1 Å². The first kappa shape index (κ1) is 36.1. The Kier molecular flexibility index (Phi) is 13.2. The zero-order valence-corrected chi connectivity index (χ0v) is 27.7. The smallest absolute Gasteiger partial charge is 0.408 e. The standard InChI is InChI=1S/C34H50N4O6/c1-21(2)10-12-24(5)38(32(41)28(18-19-29(35)39)37-33(42)44-34(6,7)8)30(27-17-11-22(3)20-23(27)4)31(40)36-25-13-15-26(43-9)16-14-25/h11,13-17,20-21,24,28,30H,10,12,18-19H2,1-9H3,(H2,35,39)(H,36,40)(H,37,42). The van der Waals surface area contributed by atoms with Crippen molar-refractivity contribution in [2.24, 2.45) is 11.7 Å². The zero-order chi connectivity index (χ0) is 33.2. The van der Waals surface area contributed by atoms with Crippen molar-refractivity contribution in [3.63, 3.8) is 0 Å². The molecule has 0 saturated carbocycles. The molecule has 0 aromatic heterocycles. The molecule has 4 N–H and O–H groups in total. The van der Waals surface area contributed by atoms with Crippen LogP contribution in [0, 0.1) is 19.8 Å². The third-order valence-corrected chi connectivity index (χ3v) is 7.16. The maximum Gasteiger partial charge on any atom is 0.408 e. The normalized spacial score (nSPS) is 13.4. The van der Waals surface area contributed by atoms with E-state index in [-0.39, 0.29) is 12.8 Å². The lowest BCUT2D eigenvalue weighted by Crippen LogP contribution is -2.55. The monoisotopic (exact) mass is 610 g/mol. The number of anilines is 1. The molecule has 2 aromatic rings. The Hall–Kier alpha value is -4.08. The van der Waals surface area contributed by atoms with Crippen LogP contribution < -0.4 is 21.1 Å². The van der Waals surface area contributed by atoms with Crippen LogP contribution in [0.2, 0.25) is 0 Å². The molecule has 10 nitrogen and oxygen atoms in total. The van der Waals surface area contributed by atoms with E-state index in [1.165, 1.54) is 0 Å². The molecule has 4 amide bonds. The quantitative estimate of drug-likeness (QED) is 0.247. The van der Waals surface area contributed by atoms with Crippen LogP contribution >= 0.6 is 0 Å². The van der Waals surface area contributed by atoms with Crippen LogP contribution in [0.3, 0.4) is 0 Å². The highest BCUT2D eigenvalue weighted by Crippen LogP contribution is 2.31. The third-order valence-electron chi connectivity index (χ3n) is 7.16. The van der Waals surface area contributed by atoms with Crippen molar-refractivity contribution >= 4 is 29.5 Å². The second-order valence-corrected chi connectivity index (χ2v) is 12.7. The zero-order valence-electron chi connectivity index (χ0n) is 27.7. The Morgan fingerprint density at radius 3 is 2.09 bits per heavy atom. The molecule has 3 atom stereocenters. The van der Waals surface area contributed by atoms with Gasteiger partial charge in [-0.1, -0.05) is 37.6 Å². The van der Waals surface area contributed by atoms with E-state index >= 15 is 0 Å². The number of primary amides is 1. The Morgan fingerprint density at radius 1 is 0.932 bits per heavy atom. The van der Waals surface area contributed by atoms with E-state index in [1.54, 1.807) is 57.0 Å². The molecular weight excluding hydrogens is 560 g/mol. The molecule has 0 spiro atoms. The van der Waals surface area contributed by atoms with Gasteiger partial charge < -0.3 is 30.7 Å².